The lowest BCUT2D eigenvalue weighted by Gasteiger charge is -2.09. The van der Waals surface area contributed by atoms with Crippen molar-refractivity contribution in [2.75, 3.05) is 13.1 Å². The van der Waals surface area contributed by atoms with Crippen molar-refractivity contribution >= 4 is 5.84 Å². The molecule has 2 rings (SSSR count). The van der Waals surface area contributed by atoms with E-state index in [2.05, 4.69) is 34.6 Å². The molecule has 0 bridgehead atoms. The first-order chi connectivity index (χ1) is 7.75. The van der Waals surface area contributed by atoms with Gasteiger partial charge >= 0.3 is 0 Å². The molecule has 0 saturated carbocycles. The van der Waals surface area contributed by atoms with Crippen LogP contribution in [0.2, 0.25) is 0 Å². The number of benzene rings is 1. The van der Waals surface area contributed by atoms with Crippen LogP contribution >= 0.6 is 0 Å². The fraction of sp³-hybridized carbons (Fsp3) is 0.462. The highest BCUT2D eigenvalue weighted by Crippen LogP contribution is 2.09. The van der Waals surface area contributed by atoms with Gasteiger partial charge in [-0.2, -0.15) is 0 Å². The summed E-state index contributed by atoms with van der Waals surface area (Å²) >= 11 is 0. The molecule has 0 aliphatic carbocycles. The average Bonchev–Trinajstić information content (AvgIpc) is 2.80. The summed E-state index contributed by atoms with van der Waals surface area (Å²) in [7, 11) is 0. The van der Waals surface area contributed by atoms with Gasteiger partial charge in [-0.15, -0.1) is 0 Å². The minimum absolute atomic E-state index is 0.269. The maximum atomic E-state index is 5.59. The Labute approximate surface area is 96.5 Å². The van der Waals surface area contributed by atoms with E-state index in [0.717, 1.165) is 24.5 Å². The highest BCUT2D eigenvalue weighted by atomic mass is 16.5. The smallest absolute Gasteiger partial charge is 0.128 e. The largest absolute Gasteiger partial charge is 0.374 e. The van der Waals surface area contributed by atoms with Crippen molar-refractivity contribution < 1.29 is 4.74 Å². The van der Waals surface area contributed by atoms with Gasteiger partial charge in [-0.3, -0.25) is 4.99 Å². The van der Waals surface area contributed by atoms with Gasteiger partial charge in [0.05, 0.1) is 19.3 Å². The van der Waals surface area contributed by atoms with Gasteiger partial charge in [0.2, 0.25) is 0 Å². The van der Waals surface area contributed by atoms with Gasteiger partial charge in [0.25, 0.3) is 0 Å². The summed E-state index contributed by atoms with van der Waals surface area (Å²) in [4.78, 5) is 4.41. The summed E-state index contributed by atoms with van der Waals surface area (Å²) in [6.45, 7) is 6.59. The van der Waals surface area contributed by atoms with Crippen LogP contribution < -0.4 is 5.32 Å². The van der Waals surface area contributed by atoms with Gasteiger partial charge in [0.15, 0.2) is 0 Å². The molecule has 1 aromatic rings. The van der Waals surface area contributed by atoms with Crippen LogP contribution in [-0.2, 0) is 11.3 Å². The minimum Gasteiger partial charge on any atom is -0.374 e. The van der Waals surface area contributed by atoms with E-state index in [4.69, 9.17) is 4.74 Å². The molecule has 3 nitrogen and oxygen atoms in total. The molecule has 16 heavy (non-hydrogen) atoms. The van der Waals surface area contributed by atoms with Gasteiger partial charge in [0, 0.05) is 12.1 Å². The Morgan fingerprint density at radius 1 is 1.44 bits per heavy atom. The van der Waals surface area contributed by atoms with Crippen LogP contribution in [0.4, 0.5) is 0 Å². The van der Waals surface area contributed by atoms with Crippen molar-refractivity contribution in [1.29, 1.82) is 0 Å². The number of amidine groups is 1. The number of ether oxygens (including phenoxy) is 1. The average molecular weight is 218 g/mol. The van der Waals surface area contributed by atoms with E-state index in [-0.39, 0.29) is 6.10 Å². The van der Waals surface area contributed by atoms with Crippen LogP contribution in [0, 0.1) is 0 Å². The first-order valence-corrected chi connectivity index (χ1v) is 5.75. The van der Waals surface area contributed by atoms with Crippen molar-refractivity contribution in [1.82, 2.24) is 5.32 Å². The summed E-state index contributed by atoms with van der Waals surface area (Å²) in [6, 6.07) is 8.35. The molecular formula is C13H18N2O. The lowest BCUT2D eigenvalue weighted by atomic mass is 10.1. The third-order valence-corrected chi connectivity index (χ3v) is 2.46. The molecule has 1 aromatic carbocycles. The summed E-state index contributed by atoms with van der Waals surface area (Å²) < 4.78 is 5.59. The highest BCUT2D eigenvalue weighted by Gasteiger charge is 2.08. The fourth-order valence-corrected chi connectivity index (χ4v) is 1.66. The van der Waals surface area contributed by atoms with Gasteiger partial charge < -0.3 is 10.1 Å². The maximum absolute atomic E-state index is 5.59. The van der Waals surface area contributed by atoms with E-state index in [9.17, 15) is 0 Å². The summed E-state index contributed by atoms with van der Waals surface area (Å²) in [6.07, 6.45) is 0.269. The minimum atomic E-state index is 0.269. The third kappa shape index (κ3) is 2.83. The Morgan fingerprint density at radius 3 is 3.00 bits per heavy atom. The molecular weight excluding hydrogens is 200 g/mol. The zero-order valence-corrected chi connectivity index (χ0v) is 9.86. The molecule has 0 atom stereocenters. The molecule has 0 spiro atoms. The van der Waals surface area contributed by atoms with Crippen LogP contribution in [-0.4, -0.2) is 25.0 Å². The molecule has 1 aliphatic rings. The van der Waals surface area contributed by atoms with E-state index in [1.807, 2.05) is 13.8 Å². The van der Waals surface area contributed by atoms with Crippen molar-refractivity contribution in [2.24, 2.45) is 4.99 Å². The summed E-state index contributed by atoms with van der Waals surface area (Å²) in [5, 5.41) is 3.27. The van der Waals surface area contributed by atoms with Gasteiger partial charge in [-0.1, -0.05) is 18.2 Å². The number of nitrogens with zero attached hydrogens (tertiary/aromatic N) is 1. The molecule has 1 aliphatic heterocycles. The second-order valence-corrected chi connectivity index (χ2v) is 4.22. The first kappa shape index (κ1) is 11.1. The zero-order valence-electron chi connectivity index (χ0n) is 9.86. The van der Waals surface area contributed by atoms with Crippen molar-refractivity contribution in [3.63, 3.8) is 0 Å². The van der Waals surface area contributed by atoms with Crippen molar-refractivity contribution in [2.45, 2.75) is 26.6 Å². The van der Waals surface area contributed by atoms with Crippen LogP contribution in [0.25, 0.3) is 0 Å². The quantitative estimate of drug-likeness (QED) is 0.838. The first-order valence-electron chi connectivity index (χ1n) is 5.75. The Balaban J connectivity index is 2.07. The van der Waals surface area contributed by atoms with Crippen LogP contribution in [0.15, 0.2) is 29.3 Å². The van der Waals surface area contributed by atoms with E-state index < -0.39 is 0 Å². The molecule has 86 valence electrons. The lowest BCUT2D eigenvalue weighted by Crippen LogP contribution is -2.19. The monoisotopic (exact) mass is 218 g/mol. The van der Waals surface area contributed by atoms with Gasteiger partial charge in [0.1, 0.15) is 5.84 Å². The number of hydrogen-bond acceptors (Lipinski definition) is 3. The van der Waals surface area contributed by atoms with Crippen molar-refractivity contribution in [3.05, 3.63) is 35.4 Å². The van der Waals surface area contributed by atoms with Gasteiger partial charge in [-0.25, -0.2) is 0 Å². The number of aliphatic imine (C=N–C) groups is 1. The fourth-order valence-electron chi connectivity index (χ4n) is 1.66. The lowest BCUT2D eigenvalue weighted by molar-refractivity contribution is 0.0657. The number of hydrogen-bond donors (Lipinski definition) is 1. The molecule has 0 aromatic heterocycles. The molecule has 0 radical (unpaired) electrons. The molecule has 3 heteroatoms. The molecule has 1 heterocycles. The predicted molar refractivity (Wildman–Crippen MR) is 65.8 cm³/mol. The maximum Gasteiger partial charge on any atom is 0.128 e. The molecule has 1 N–H and O–H groups in total. The molecule has 0 unspecified atom stereocenters. The normalized spacial score (nSPS) is 15.1. The second-order valence-electron chi connectivity index (χ2n) is 4.22. The van der Waals surface area contributed by atoms with E-state index in [0.29, 0.717) is 6.61 Å². The molecule has 0 fully saturated rings. The molecule has 0 saturated heterocycles. The van der Waals surface area contributed by atoms with Crippen LogP contribution in [0.1, 0.15) is 25.0 Å². The Hall–Kier alpha value is -1.35. The van der Waals surface area contributed by atoms with Crippen LogP contribution in [0.5, 0.6) is 0 Å². The van der Waals surface area contributed by atoms with E-state index >= 15 is 0 Å². The predicted octanol–water partition coefficient (Wildman–Crippen LogP) is 1.96. The second kappa shape index (κ2) is 5.12. The highest BCUT2D eigenvalue weighted by molar-refractivity contribution is 5.99. The molecule has 0 amide bonds. The topological polar surface area (TPSA) is 33.6 Å². The Morgan fingerprint density at radius 2 is 2.31 bits per heavy atom. The SMILES string of the molecule is CC(C)OCc1cccc(C2=NCCN2)c1. The summed E-state index contributed by atoms with van der Waals surface area (Å²) in [5.74, 6) is 1.01. The van der Waals surface area contributed by atoms with E-state index in [1.54, 1.807) is 0 Å². The van der Waals surface area contributed by atoms with E-state index in [1.165, 1.54) is 5.56 Å². The summed E-state index contributed by atoms with van der Waals surface area (Å²) in [5.41, 5.74) is 2.35. The number of rotatable bonds is 4. The third-order valence-electron chi connectivity index (χ3n) is 2.46. The standard InChI is InChI=1S/C13H18N2O/c1-10(2)16-9-11-4-3-5-12(8-11)13-14-6-7-15-13/h3-5,8,10H,6-7,9H2,1-2H3,(H,14,15). The Kier molecular flexibility index (Phi) is 3.57. The Bertz CT molecular complexity index is 385. The van der Waals surface area contributed by atoms with Crippen molar-refractivity contribution in [3.8, 4) is 0 Å². The van der Waals surface area contributed by atoms with Gasteiger partial charge in [-0.05, 0) is 25.5 Å². The number of nitrogens with one attached hydrogen (secondary N) is 1. The zero-order chi connectivity index (χ0) is 11.4. The van der Waals surface area contributed by atoms with Crippen LogP contribution in [0.3, 0.4) is 0 Å².